The van der Waals surface area contributed by atoms with Crippen LogP contribution in [-0.4, -0.2) is 38.1 Å². The number of hydrogen-bond donors (Lipinski definition) is 2. The summed E-state index contributed by atoms with van der Waals surface area (Å²) in [6, 6.07) is 11.2. The van der Waals surface area contributed by atoms with E-state index in [1.54, 1.807) is 25.3 Å². The molecule has 152 valence electrons. The van der Waals surface area contributed by atoms with Crippen LogP contribution in [0.15, 0.2) is 48.5 Å². The van der Waals surface area contributed by atoms with Gasteiger partial charge >= 0.3 is 5.97 Å². The van der Waals surface area contributed by atoms with Crippen molar-refractivity contribution in [1.82, 2.24) is 0 Å². The Kier molecular flexibility index (Phi) is 7.36. The number of anilines is 1. The molecule has 0 radical (unpaired) electrons. The number of primary amides is 1. The maximum absolute atomic E-state index is 12.2. The molecule has 2 aromatic carbocycles. The third-order valence-corrected chi connectivity index (χ3v) is 3.94. The van der Waals surface area contributed by atoms with Crippen molar-refractivity contribution in [2.45, 2.75) is 13.0 Å². The second-order valence-electron chi connectivity index (χ2n) is 5.95. The van der Waals surface area contributed by atoms with E-state index < -0.39 is 23.9 Å². The predicted octanol–water partition coefficient (Wildman–Crippen LogP) is 2.39. The molecule has 0 heterocycles. The first-order valence-corrected chi connectivity index (χ1v) is 8.65. The molecule has 1 atom stereocenters. The minimum absolute atomic E-state index is 0.321. The van der Waals surface area contributed by atoms with Crippen molar-refractivity contribution in [3.8, 4) is 11.5 Å². The first-order valence-electron chi connectivity index (χ1n) is 8.65. The van der Waals surface area contributed by atoms with E-state index >= 15 is 0 Å². The maximum Gasteiger partial charge on any atom is 0.331 e. The highest BCUT2D eigenvalue weighted by Crippen LogP contribution is 2.25. The summed E-state index contributed by atoms with van der Waals surface area (Å²) in [7, 11) is 3.05. The third-order valence-electron chi connectivity index (χ3n) is 3.94. The molecule has 0 aliphatic heterocycles. The summed E-state index contributed by atoms with van der Waals surface area (Å²) in [6.45, 7) is 1.45. The van der Waals surface area contributed by atoms with Crippen LogP contribution in [0.4, 0.5) is 5.69 Å². The van der Waals surface area contributed by atoms with Gasteiger partial charge in [-0.05, 0) is 49.4 Å². The fourth-order valence-electron chi connectivity index (χ4n) is 2.34. The molecule has 0 saturated carbocycles. The second-order valence-corrected chi connectivity index (χ2v) is 5.95. The summed E-state index contributed by atoms with van der Waals surface area (Å²) >= 11 is 0. The van der Waals surface area contributed by atoms with Gasteiger partial charge < -0.3 is 25.3 Å². The molecule has 3 N–H and O–H groups in total. The van der Waals surface area contributed by atoms with E-state index in [-0.39, 0.29) is 0 Å². The van der Waals surface area contributed by atoms with Gasteiger partial charge in [-0.2, -0.15) is 0 Å². The number of methoxy groups -OCH3 is 2. The molecule has 0 saturated heterocycles. The predicted molar refractivity (Wildman–Crippen MR) is 108 cm³/mol. The van der Waals surface area contributed by atoms with Crippen molar-refractivity contribution in [3.05, 3.63) is 59.7 Å². The van der Waals surface area contributed by atoms with Crippen LogP contribution in [-0.2, 0) is 14.3 Å². The van der Waals surface area contributed by atoms with Crippen molar-refractivity contribution >= 4 is 29.5 Å². The molecule has 0 aliphatic rings. The molecule has 0 spiro atoms. The number of carbonyl (C=O) groups is 3. The van der Waals surface area contributed by atoms with Gasteiger partial charge in [0.15, 0.2) is 6.10 Å². The first-order chi connectivity index (χ1) is 13.8. The lowest BCUT2D eigenvalue weighted by Gasteiger charge is -2.12. The van der Waals surface area contributed by atoms with Gasteiger partial charge in [-0.1, -0.05) is 0 Å². The Balaban J connectivity index is 1.95. The Labute approximate surface area is 168 Å². The Hall–Kier alpha value is -3.81. The van der Waals surface area contributed by atoms with E-state index in [0.717, 1.165) is 0 Å². The van der Waals surface area contributed by atoms with E-state index in [9.17, 15) is 14.4 Å². The Morgan fingerprint density at radius 3 is 2.31 bits per heavy atom. The van der Waals surface area contributed by atoms with Crippen LogP contribution in [0.5, 0.6) is 11.5 Å². The molecule has 2 amide bonds. The number of carbonyl (C=O) groups excluding carboxylic acids is 3. The molecule has 0 aliphatic carbocycles. The van der Waals surface area contributed by atoms with Crippen LogP contribution in [0.2, 0.25) is 0 Å². The van der Waals surface area contributed by atoms with E-state index in [2.05, 4.69) is 5.32 Å². The summed E-state index contributed by atoms with van der Waals surface area (Å²) in [6.07, 6.45) is 1.70. The van der Waals surface area contributed by atoms with E-state index in [0.29, 0.717) is 28.3 Å². The molecule has 2 rings (SSSR count). The smallest absolute Gasteiger partial charge is 0.331 e. The quantitative estimate of drug-likeness (QED) is 0.521. The molecule has 29 heavy (non-hydrogen) atoms. The zero-order valence-corrected chi connectivity index (χ0v) is 16.3. The van der Waals surface area contributed by atoms with Gasteiger partial charge in [0.25, 0.3) is 5.91 Å². The van der Waals surface area contributed by atoms with Crippen molar-refractivity contribution in [2.75, 3.05) is 19.5 Å². The van der Waals surface area contributed by atoms with Crippen LogP contribution in [0.1, 0.15) is 22.8 Å². The van der Waals surface area contributed by atoms with Crippen LogP contribution in [0, 0.1) is 0 Å². The molecule has 0 bridgehead atoms. The fraction of sp³-hybridized carbons (Fsp3) is 0.190. The number of hydrogen-bond acceptors (Lipinski definition) is 6. The summed E-state index contributed by atoms with van der Waals surface area (Å²) in [5, 5.41) is 2.59. The fourth-order valence-corrected chi connectivity index (χ4v) is 2.34. The molecule has 8 heteroatoms. The molecule has 2 aromatic rings. The number of benzene rings is 2. The van der Waals surface area contributed by atoms with Gasteiger partial charge in [0.2, 0.25) is 5.91 Å². The maximum atomic E-state index is 12.2. The number of rotatable bonds is 8. The van der Waals surface area contributed by atoms with Gasteiger partial charge in [0, 0.05) is 29.0 Å². The van der Waals surface area contributed by atoms with E-state index in [1.165, 1.54) is 50.5 Å². The lowest BCUT2D eigenvalue weighted by Crippen LogP contribution is -2.29. The summed E-state index contributed by atoms with van der Waals surface area (Å²) < 4.78 is 15.5. The van der Waals surface area contributed by atoms with Crippen LogP contribution >= 0.6 is 0 Å². The average molecular weight is 398 g/mol. The number of nitrogens with one attached hydrogen (secondary N) is 1. The molecule has 0 unspecified atom stereocenters. The molecule has 8 nitrogen and oxygen atoms in total. The Bertz CT molecular complexity index is 921. The van der Waals surface area contributed by atoms with Crippen LogP contribution in [0.25, 0.3) is 6.08 Å². The van der Waals surface area contributed by atoms with Crippen molar-refractivity contribution in [3.63, 3.8) is 0 Å². The van der Waals surface area contributed by atoms with E-state index in [1.807, 2.05) is 0 Å². The summed E-state index contributed by atoms with van der Waals surface area (Å²) in [5.74, 6) is -0.616. The number of nitrogens with two attached hydrogens (primary N) is 1. The Morgan fingerprint density at radius 2 is 1.72 bits per heavy atom. The topological polar surface area (TPSA) is 117 Å². The van der Waals surface area contributed by atoms with Crippen molar-refractivity contribution < 1.29 is 28.6 Å². The van der Waals surface area contributed by atoms with Crippen molar-refractivity contribution in [2.24, 2.45) is 5.73 Å². The van der Waals surface area contributed by atoms with Crippen molar-refractivity contribution in [1.29, 1.82) is 0 Å². The zero-order chi connectivity index (χ0) is 21.4. The first kappa shape index (κ1) is 21.5. The number of ether oxygens (including phenoxy) is 3. The standard InChI is InChI=1S/C21H22N2O6/c1-13(21(26)23-16-8-4-15(5-9-16)20(22)25)29-19(24)11-7-14-6-10-17(27-2)12-18(14)28-3/h4-13H,1-3H3,(H2,22,25)(H,23,26)/b11-7+/t13-/m0/s1. The lowest BCUT2D eigenvalue weighted by atomic mass is 10.1. The highest BCUT2D eigenvalue weighted by Gasteiger charge is 2.17. The van der Waals surface area contributed by atoms with Gasteiger partial charge in [-0.3, -0.25) is 9.59 Å². The second kappa shape index (κ2) is 9.93. The Morgan fingerprint density at radius 1 is 1.03 bits per heavy atom. The van der Waals surface area contributed by atoms with Crippen LogP contribution in [0.3, 0.4) is 0 Å². The monoisotopic (exact) mass is 398 g/mol. The van der Waals surface area contributed by atoms with Gasteiger partial charge in [0.05, 0.1) is 14.2 Å². The minimum atomic E-state index is -1.03. The minimum Gasteiger partial charge on any atom is -0.497 e. The lowest BCUT2D eigenvalue weighted by molar-refractivity contribution is -0.148. The number of amides is 2. The molecule has 0 aromatic heterocycles. The van der Waals surface area contributed by atoms with Gasteiger partial charge in [-0.25, -0.2) is 4.79 Å². The largest absolute Gasteiger partial charge is 0.497 e. The molecule has 0 fully saturated rings. The molecular formula is C21H22N2O6. The highest BCUT2D eigenvalue weighted by molar-refractivity contribution is 5.97. The average Bonchev–Trinajstić information content (AvgIpc) is 2.72. The third kappa shape index (κ3) is 6.10. The van der Waals surface area contributed by atoms with Crippen LogP contribution < -0.4 is 20.5 Å². The molecular weight excluding hydrogens is 376 g/mol. The number of esters is 1. The summed E-state index contributed by atoms with van der Waals surface area (Å²) in [5.41, 5.74) is 6.58. The normalized spacial score (nSPS) is 11.6. The zero-order valence-electron chi connectivity index (χ0n) is 16.3. The van der Waals surface area contributed by atoms with E-state index in [4.69, 9.17) is 19.9 Å². The summed E-state index contributed by atoms with van der Waals surface area (Å²) in [4.78, 5) is 35.3. The SMILES string of the molecule is COc1ccc(/C=C/C(=O)O[C@@H](C)C(=O)Nc2ccc(C(N)=O)cc2)c(OC)c1. The van der Waals surface area contributed by atoms with Gasteiger partial charge in [-0.15, -0.1) is 0 Å². The van der Waals surface area contributed by atoms with Gasteiger partial charge in [0.1, 0.15) is 11.5 Å². The highest BCUT2D eigenvalue weighted by atomic mass is 16.5.